The Balaban J connectivity index is 1.82. The second-order valence-electron chi connectivity index (χ2n) is 8.32. The highest BCUT2D eigenvalue weighted by Gasteiger charge is 2.30. The van der Waals surface area contributed by atoms with Crippen LogP contribution in [0.2, 0.25) is 5.02 Å². The highest BCUT2D eigenvalue weighted by atomic mass is 35.5. The van der Waals surface area contributed by atoms with Gasteiger partial charge in [0.15, 0.2) is 0 Å². The third kappa shape index (κ3) is 4.45. The molecule has 0 unspecified atom stereocenters. The number of hydrogen-bond donors (Lipinski definition) is 2. The Morgan fingerprint density at radius 3 is 2.42 bits per heavy atom. The van der Waals surface area contributed by atoms with Crippen molar-refractivity contribution in [3.05, 3.63) is 113 Å². The third-order valence-corrected chi connectivity index (χ3v) is 6.28. The van der Waals surface area contributed by atoms with Crippen LogP contribution in [0.3, 0.4) is 0 Å². The molecule has 2 N–H and O–H groups in total. The van der Waals surface area contributed by atoms with Crippen LogP contribution in [-0.4, -0.2) is 21.0 Å². The number of nitrogens with zero attached hydrogens (tertiary/aromatic N) is 1. The van der Waals surface area contributed by atoms with Crippen LogP contribution in [-0.2, 0) is 12.6 Å². The van der Waals surface area contributed by atoms with Crippen molar-refractivity contribution in [3.63, 3.8) is 0 Å². The van der Waals surface area contributed by atoms with Gasteiger partial charge in [-0.25, -0.2) is 4.79 Å². The third-order valence-electron chi connectivity index (χ3n) is 6.03. The predicted octanol–water partition coefficient (Wildman–Crippen LogP) is 7.86. The van der Waals surface area contributed by atoms with Gasteiger partial charge in [0, 0.05) is 39.4 Å². The average Bonchev–Trinajstić information content (AvgIpc) is 3.26. The number of H-pyrrole nitrogens is 1. The quantitative estimate of drug-likeness (QED) is 0.255. The largest absolute Gasteiger partial charge is 0.477 e. The van der Waals surface area contributed by atoms with Gasteiger partial charge in [-0.3, -0.25) is 4.98 Å². The molecular weight excluding hydrogens is 489 g/mol. The van der Waals surface area contributed by atoms with E-state index in [0.717, 1.165) is 23.3 Å². The number of hydrogen-bond acceptors (Lipinski definition) is 2. The minimum absolute atomic E-state index is 0.0171. The molecule has 5 aromatic rings. The molecule has 0 atom stereocenters. The van der Waals surface area contributed by atoms with E-state index in [0.29, 0.717) is 38.2 Å². The Morgan fingerprint density at radius 1 is 0.972 bits per heavy atom. The van der Waals surface area contributed by atoms with Crippen molar-refractivity contribution < 1.29 is 23.1 Å². The number of nitrogens with one attached hydrogen (secondary N) is 1. The highest BCUT2D eigenvalue weighted by molar-refractivity contribution is 6.30. The first kappa shape index (κ1) is 23.6. The van der Waals surface area contributed by atoms with Gasteiger partial charge >= 0.3 is 12.1 Å². The Morgan fingerprint density at radius 2 is 1.75 bits per heavy atom. The SMILES string of the molecule is O=C(O)c1[nH]c2ccc(-c3ccc(Cl)cc3)c(Cc3cccc(C(F)(F)F)c3)c2c1-c1cccnc1. The molecule has 2 heterocycles. The molecule has 0 radical (unpaired) electrons. The molecule has 0 amide bonds. The standard InChI is InChI=1S/C28H18ClF3N2O2/c29-20-8-6-17(7-9-20)21-10-11-23-25(22(21)14-16-3-1-5-19(13-16)28(30,31)32)24(26(34-23)27(35)36)18-4-2-12-33-15-18/h1-13,15,34H,14H2,(H,35,36). The number of pyridine rings is 1. The lowest BCUT2D eigenvalue weighted by Gasteiger charge is -2.15. The second-order valence-corrected chi connectivity index (χ2v) is 8.75. The summed E-state index contributed by atoms with van der Waals surface area (Å²) in [6.07, 6.45) is -1.19. The highest BCUT2D eigenvalue weighted by Crippen LogP contribution is 2.40. The summed E-state index contributed by atoms with van der Waals surface area (Å²) < 4.78 is 40.3. The Hall–Kier alpha value is -4.10. The number of carbonyl (C=O) groups is 1. The maximum atomic E-state index is 13.4. The molecule has 4 nitrogen and oxygen atoms in total. The molecule has 0 aliphatic carbocycles. The summed E-state index contributed by atoms with van der Waals surface area (Å²) in [6.45, 7) is 0. The van der Waals surface area contributed by atoms with Crippen LogP contribution in [0.1, 0.15) is 27.2 Å². The normalized spacial score (nSPS) is 11.7. The van der Waals surface area contributed by atoms with Gasteiger partial charge in [-0.1, -0.05) is 54.1 Å². The van der Waals surface area contributed by atoms with Gasteiger partial charge in [0.05, 0.1) is 5.56 Å². The molecule has 5 rings (SSSR count). The van der Waals surface area contributed by atoms with Gasteiger partial charge in [0.25, 0.3) is 0 Å². The van der Waals surface area contributed by atoms with E-state index < -0.39 is 17.7 Å². The van der Waals surface area contributed by atoms with Crippen LogP contribution < -0.4 is 0 Å². The fraction of sp³-hybridized carbons (Fsp3) is 0.0714. The van der Waals surface area contributed by atoms with Gasteiger partial charge in [-0.2, -0.15) is 13.2 Å². The lowest BCUT2D eigenvalue weighted by Crippen LogP contribution is -2.05. The molecule has 8 heteroatoms. The van der Waals surface area contributed by atoms with Gasteiger partial charge in [-0.15, -0.1) is 0 Å². The fourth-order valence-electron chi connectivity index (χ4n) is 4.46. The first-order valence-electron chi connectivity index (χ1n) is 11.0. The van der Waals surface area contributed by atoms with E-state index in [9.17, 15) is 23.1 Å². The number of fused-ring (bicyclic) bond motifs is 1. The maximum absolute atomic E-state index is 13.4. The Labute approximate surface area is 209 Å². The van der Waals surface area contributed by atoms with Gasteiger partial charge in [-0.05, 0) is 59.0 Å². The van der Waals surface area contributed by atoms with Crippen molar-refractivity contribution in [2.75, 3.05) is 0 Å². The zero-order valence-electron chi connectivity index (χ0n) is 18.6. The van der Waals surface area contributed by atoms with Gasteiger partial charge in [0.1, 0.15) is 5.69 Å². The summed E-state index contributed by atoms with van der Waals surface area (Å²) in [5, 5.41) is 11.1. The van der Waals surface area contributed by atoms with Crippen LogP contribution in [0, 0.1) is 0 Å². The van der Waals surface area contributed by atoms with Gasteiger partial charge in [0.2, 0.25) is 0 Å². The van der Waals surface area contributed by atoms with Crippen LogP contribution in [0.15, 0.2) is 85.2 Å². The Kier molecular flexibility index (Phi) is 6.02. The number of halogens is 4. The van der Waals surface area contributed by atoms with Crippen molar-refractivity contribution in [2.45, 2.75) is 12.6 Å². The summed E-state index contributed by atoms with van der Waals surface area (Å²) in [5.74, 6) is -1.15. The van der Waals surface area contributed by atoms with E-state index in [2.05, 4.69) is 9.97 Å². The van der Waals surface area contributed by atoms with Crippen LogP contribution >= 0.6 is 11.6 Å². The molecule has 0 saturated carbocycles. The molecule has 0 fully saturated rings. The van der Waals surface area contributed by atoms with Crippen molar-refractivity contribution in [3.8, 4) is 22.3 Å². The predicted molar refractivity (Wildman–Crippen MR) is 133 cm³/mol. The molecule has 0 saturated heterocycles. The van der Waals surface area contributed by atoms with Crippen molar-refractivity contribution in [1.82, 2.24) is 9.97 Å². The number of aromatic nitrogens is 2. The van der Waals surface area contributed by atoms with Gasteiger partial charge < -0.3 is 10.1 Å². The number of rotatable bonds is 5. The number of carboxylic acids is 1. The maximum Gasteiger partial charge on any atom is 0.416 e. The van der Waals surface area contributed by atoms with E-state index in [1.807, 2.05) is 18.2 Å². The summed E-state index contributed by atoms with van der Waals surface area (Å²) >= 11 is 6.08. The van der Waals surface area contributed by atoms with Crippen molar-refractivity contribution in [2.24, 2.45) is 0 Å². The first-order chi connectivity index (χ1) is 17.2. The minimum atomic E-state index is -4.48. The average molecular weight is 507 g/mol. The Bertz CT molecular complexity index is 1580. The van der Waals surface area contributed by atoms with Crippen molar-refractivity contribution in [1.29, 1.82) is 0 Å². The number of benzene rings is 3. The smallest absolute Gasteiger partial charge is 0.416 e. The molecule has 180 valence electrons. The van der Waals surface area contributed by atoms with Crippen LogP contribution in [0.5, 0.6) is 0 Å². The van der Waals surface area contributed by atoms with E-state index in [1.165, 1.54) is 6.07 Å². The van der Waals surface area contributed by atoms with E-state index in [4.69, 9.17) is 11.6 Å². The van der Waals surface area contributed by atoms with Crippen molar-refractivity contribution >= 4 is 28.5 Å². The summed E-state index contributed by atoms with van der Waals surface area (Å²) in [6, 6.07) is 19.4. The number of aromatic carboxylic acids is 1. The van der Waals surface area contributed by atoms with E-state index in [-0.39, 0.29) is 12.1 Å². The molecule has 3 aromatic carbocycles. The minimum Gasteiger partial charge on any atom is -0.477 e. The molecular formula is C28H18ClF3N2O2. The van der Waals surface area contributed by atoms with E-state index in [1.54, 1.807) is 48.8 Å². The van der Waals surface area contributed by atoms with E-state index >= 15 is 0 Å². The zero-order chi connectivity index (χ0) is 25.4. The van der Waals surface area contributed by atoms with Crippen LogP contribution in [0.25, 0.3) is 33.2 Å². The van der Waals surface area contributed by atoms with Crippen LogP contribution in [0.4, 0.5) is 13.2 Å². The number of carboxylic acid groups (broad SMARTS) is 1. The number of alkyl halides is 3. The molecule has 0 spiro atoms. The lowest BCUT2D eigenvalue weighted by atomic mass is 9.89. The lowest BCUT2D eigenvalue weighted by molar-refractivity contribution is -0.137. The topological polar surface area (TPSA) is 66.0 Å². The second kappa shape index (κ2) is 9.17. The number of aromatic amines is 1. The molecule has 36 heavy (non-hydrogen) atoms. The summed E-state index contributed by atoms with van der Waals surface area (Å²) in [5.41, 5.74) is 3.52. The first-order valence-corrected chi connectivity index (χ1v) is 11.3. The monoisotopic (exact) mass is 506 g/mol. The summed E-state index contributed by atoms with van der Waals surface area (Å²) in [7, 11) is 0. The molecule has 2 aromatic heterocycles. The molecule has 0 bridgehead atoms. The fourth-order valence-corrected chi connectivity index (χ4v) is 4.59. The summed E-state index contributed by atoms with van der Waals surface area (Å²) in [4.78, 5) is 19.3. The zero-order valence-corrected chi connectivity index (χ0v) is 19.4. The molecule has 0 aliphatic heterocycles. The molecule has 0 aliphatic rings.